The van der Waals surface area contributed by atoms with Crippen molar-refractivity contribution in [2.24, 2.45) is 0 Å². The Morgan fingerprint density at radius 3 is 2.27 bits per heavy atom. The number of esters is 1. The molecule has 0 radical (unpaired) electrons. The van der Waals surface area contributed by atoms with Crippen LogP contribution in [0.15, 0.2) is 60.4 Å². The molecule has 0 amide bonds. The van der Waals surface area contributed by atoms with Crippen LogP contribution in [0, 0.1) is 6.92 Å². The van der Waals surface area contributed by atoms with Crippen molar-refractivity contribution in [2.75, 3.05) is 21.3 Å². The van der Waals surface area contributed by atoms with Gasteiger partial charge >= 0.3 is 5.97 Å². The number of hydrogen-bond donors (Lipinski definition) is 0. The highest BCUT2D eigenvalue weighted by molar-refractivity contribution is 6.14. The van der Waals surface area contributed by atoms with Crippen LogP contribution in [-0.2, 0) is 0 Å². The first-order valence-electron chi connectivity index (χ1n) is 10.1. The average molecular weight is 446 g/mol. The van der Waals surface area contributed by atoms with Gasteiger partial charge in [-0.2, -0.15) is 0 Å². The first-order valence-corrected chi connectivity index (χ1v) is 10.1. The van der Waals surface area contributed by atoms with Crippen LogP contribution in [0.2, 0.25) is 0 Å². The summed E-state index contributed by atoms with van der Waals surface area (Å²) in [7, 11) is 4.40. The van der Waals surface area contributed by atoms with Gasteiger partial charge < -0.3 is 23.7 Å². The molecule has 33 heavy (non-hydrogen) atoms. The molecule has 0 bridgehead atoms. The van der Waals surface area contributed by atoms with Gasteiger partial charge in [-0.05, 0) is 42.8 Å². The Kier molecular flexibility index (Phi) is 6.04. The van der Waals surface area contributed by atoms with E-state index in [2.05, 4.69) is 0 Å². The van der Waals surface area contributed by atoms with E-state index >= 15 is 0 Å². The SMILES string of the molecule is COc1cc(C(=O)Oc2ccc3c(c2)O/C(=C\c2cccc(C)c2)C3=O)cc(OC)c1OC. The lowest BCUT2D eigenvalue weighted by Crippen LogP contribution is -2.09. The number of hydrogen-bond acceptors (Lipinski definition) is 7. The van der Waals surface area contributed by atoms with Gasteiger partial charge in [0.2, 0.25) is 11.5 Å². The van der Waals surface area contributed by atoms with E-state index in [0.29, 0.717) is 28.6 Å². The maximum atomic E-state index is 12.8. The Morgan fingerprint density at radius 1 is 0.909 bits per heavy atom. The Bertz CT molecular complexity index is 1250. The number of ketones is 1. The molecule has 0 unspecified atom stereocenters. The summed E-state index contributed by atoms with van der Waals surface area (Å²) in [5, 5.41) is 0. The van der Waals surface area contributed by atoms with Crippen molar-refractivity contribution in [1.82, 2.24) is 0 Å². The first-order chi connectivity index (χ1) is 15.9. The highest BCUT2D eigenvalue weighted by Crippen LogP contribution is 2.39. The van der Waals surface area contributed by atoms with Gasteiger partial charge in [-0.25, -0.2) is 4.79 Å². The lowest BCUT2D eigenvalue weighted by atomic mass is 10.1. The van der Waals surface area contributed by atoms with Crippen LogP contribution in [0.3, 0.4) is 0 Å². The van der Waals surface area contributed by atoms with Gasteiger partial charge in [-0.3, -0.25) is 4.79 Å². The third kappa shape index (κ3) is 4.39. The number of Topliss-reactive ketones (excluding diaryl/α,β-unsaturated/α-hetero) is 1. The van der Waals surface area contributed by atoms with Crippen LogP contribution in [0.1, 0.15) is 31.8 Å². The molecule has 4 rings (SSSR count). The van der Waals surface area contributed by atoms with Gasteiger partial charge in [-0.1, -0.05) is 29.8 Å². The van der Waals surface area contributed by atoms with Crippen molar-refractivity contribution in [3.8, 4) is 28.7 Å². The lowest BCUT2D eigenvalue weighted by molar-refractivity contribution is 0.0733. The summed E-state index contributed by atoms with van der Waals surface area (Å²) >= 11 is 0. The van der Waals surface area contributed by atoms with Gasteiger partial charge in [0.15, 0.2) is 17.3 Å². The highest BCUT2D eigenvalue weighted by Gasteiger charge is 2.28. The van der Waals surface area contributed by atoms with E-state index in [-0.39, 0.29) is 22.9 Å². The number of methoxy groups -OCH3 is 3. The van der Waals surface area contributed by atoms with Crippen molar-refractivity contribution < 1.29 is 33.3 Å². The van der Waals surface area contributed by atoms with E-state index in [1.54, 1.807) is 18.2 Å². The molecule has 0 fully saturated rings. The van der Waals surface area contributed by atoms with Crippen LogP contribution in [0.5, 0.6) is 28.7 Å². The Morgan fingerprint density at radius 2 is 1.64 bits per heavy atom. The van der Waals surface area contributed by atoms with Gasteiger partial charge in [0, 0.05) is 6.07 Å². The summed E-state index contributed by atoms with van der Waals surface area (Å²) in [6.07, 6.45) is 1.69. The van der Waals surface area contributed by atoms with Crippen molar-refractivity contribution >= 4 is 17.8 Å². The zero-order valence-corrected chi connectivity index (χ0v) is 18.6. The molecule has 0 saturated carbocycles. The predicted molar refractivity (Wildman–Crippen MR) is 122 cm³/mol. The molecule has 0 spiro atoms. The smallest absolute Gasteiger partial charge is 0.343 e. The van der Waals surface area contributed by atoms with Crippen molar-refractivity contribution in [3.05, 3.63) is 82.6 Å². The number of aryl methyl sites for hydroxylation is 1. The first kappa shape index (κ1) is 22.0. The maximum absolute atomic E-state index is 12.8. The fourth-order valence-corrected chi connectivity index (χ4v) is 3.51. The van der Waals surface area contributed by atoms with Crippen molar-refractivity contribution in [1.29, 1.82) is 0 Å². The molecule has 0 aliphatic carbocycles. The van der Waals surface area contributed by atoms with Gasteiger partial charge in [0.05, 0.1) is 32.5 Å². The number of allylic oxidation sites excluding steroid dienone is 1. The van der Waals surface area contributed by atoms with E-state index in [0.717, 1.165) is 11.1 Å². The Balaban J connectivity index is 1.57. The highest BCUT2D eigenvalue weighted by atomic mass is 16.5. The molecule has 7 heteroatoms. The molecule has 0 saturated heterocycles. The van der Waals surface area contributed by atoms with E-state index in [4.69, 9.17) is 23.7 Å². The molecule has 0 N–H and O–H groups in total. The molecule has 1 aliphatic heterocycles. The molecule has 7 nitrogen and oxygen atoms in total. The quantitative estimate of drug-likeness (QED) is 0.304. The number of carbonyl (C=O) groups excluding carboxylic acids is 2. The summed E-state index contributed by atoms with van der Waals surface area (Å²) in [4.78, 5) is 25.5. The Labute approximate surface area is 191 Å². The molecular weight excluding hydrogens is 424 g/mol. The summed E-state index contributed by atoms with van der Waals surface area (Å²) in [6.45, 7) is 1.97. The van der Waals surface area contributed by atoms with E-state index < -0.39 is 5.97 Å². The molecule has 0 atom stereocenters. The molecule has 3 aromatic carbocycles. The van der Waals surface area contributed by atoms with E-state index in [1.807, 2.05) is 31.2 Å². The standard InChI is InChI=1S/C26H22O7/c1-15-6-5-7-16(10-15)11-21-24(27)19-9-8-18(14-20(19)33-21)32-26(28)17-12-22(29-2)25(31-4)23(13-17)30-3/h5-14H,1-4H3/b21-11-. The second-order valence-corrected chi connectivity index (χ2v) is 7.32. The average Bonchev–Trinajstić information content (AvgIpc) is 3.12. The normalized spacial score (nSPS) is 13.3. The molecule has 0 aromatic heterocycles. The molecular formula is C26H22O7. The van der Waals surface area contributed by atoms with Gasteiger partial charge in [0.1, 0.15) is 11.5 Å². The number of carbonyl (C=O) groups is 2. The number of fused-ring (bicyclic) bond motifs is 1. The second-order valence-electron chi connectivity index (χ2n) is 7.32. The summed E-state index contributed by atoms with van der Waals surface area (Å²) in [5.74, 6) is 0.946. The zero-order chi connectivity index (χ0) is 23.5. The van der Waals surface area contributed by atoms with E-state index in [9.17, 15) is 9.59 Å². The monoisotopic (exact) mass is 446 g/mol. The summed E-state index contributed by atoms with van der Waals surface area (Å²) in [6, 6.07) is 15.4. The molecule has 3 aromatic rings. The lowest BCUT2D eigenvalue weighted by Gasteiger charge is -2.13. The third-order valence-corrected chi connectivity index (χ3v) is 5.09. The summed E-state index contributed by atoms with van der Waals surface area (Å²) in [5.41, 5.74) is 2.55. The van der Waals surface area contributed by atoms with Gasteiger partial charge in [-0.15, -0.1) is 0 Å². The molecule has 1 aliphatic rings. The van der Waals surface area contributed by atoms with E-state index in [1.165, 1.54) is 39.5 Å². The van der Waals surface area contributed by atoms with Crippen molar-refractivity contribution in [2.45, 2.75) is 6.92 Å². The molecule has 168 valence electrons. The molecule has 1 heterocycles. The largest absolute Gasteiger partial charge is 0.493 e. The van der Waals surface area contributed by atoms with Gasteiger partial charge in [0.25, 0.3) is 0 Å². The third-order valence-electron chi connectivity index (χ3n) is 5.09. The zero-order valence-electron chi connectivity index (χ0n) is 18.6. The fraction of sp³-hybridized carbons (Fsp3) is 0.154. The van der Waals surface area contributed by atoms with Crippen LogP contribution in [0.4, 0.5) is 0 Å². The minimum Gasteiger partial charge on any atom is -0.493 e. The minimum atomic E-state index is -0.631. The van der Waals surface area contributed by atoms with Crippen LogP contribution < -0.4 is 23.7 Å². The van der Waals surface area contributed by atoms with Crippen LogP contribution >= 0.6 is 0 Å². The van der Waals surface area contributed by atoms with Crippen LogP contribution in [0.25, 0.3) is 6.08 Å². The predicted octanol–water partition coefficient (Wildman–Crippen LogP) is 4.86. The number of ether oxygens (including phenoxy) is 5. The fourth-order valence-electron chi connectivity index (χ4n) is 3.51. The summed E-state index contributed by atoms with van der Waals surface area (Å²) < 4.78 is 27.1. The second kappa shape index (κ2) is 9.08. The topological polar surface area (TPSA) is 80.3 Å². The van der Waals surface area contributed by atoms with Crippen molar-refractivity contribution in [3.63, 3.8) is 0 Å². The Hall–Kier alpha value is -4.26. The minimum absolute atomic E-state index is 0.210. The maximum Gasteiger partial charge on any atom is 0.343 e. The van der Waals surface area contributed by atoms with Crippen LogP contribution in [-0.4, -0.2) is 33.1 Å². The number of rotatable bonds is 6. The number of benzene rings is 3.